The van der Waals surface area contributed by atoms with Crippen molar-refractivity contribution >= 4 is 40.6 Å². The van der Waals surface area contributed by atoms with E-state index in [1.165, 1.54) is 0 Å². The van der Waals surface area contributed by atoms with Crippen LogP contribution in [0.15, 0.2) is 30.5 Å². The number of aromatic amines is 1. The molecule has 0 aliphatic rings. The Bertz CT molecular complexity index is 1160. The van der Waals surface area contributed by atoms with Crippen LogP contribution in [0.4, 0.5) is 0 Å². The minimum absolute atomic E-state index is 0.0103. The van der Waals surface area contributed by atoms with E-state index in [9.17, 15) is 34.2 Å². The van der Waals surface area contributed by atoms with Crippen molar-refractivity contribution < 1.29 is 34.2 Å². The number of nitrogens with two attached hydrogens (primary N) is 2. The summed E-state index contributed by atoms with van der Waals surface area (Å²) in [6.45, 7) is 3.71. The van der Waals surface area contributed by atoms with E-state index in [0.717, 1.165) is 10.9 Å². The zero-order valence-electron chi connectivity index (χ0n) is 22.1. The highest BCUT2D eigenvalue weighted by Gasteiger charge is 2.33. The maximum atomic E-state index is 13.1. The van der Waals surface area contributed by atoms with Gasteiger partial charge in [0.1, 0.15) is 18.1 Å². The van der Waals surface area contributed by atoms with Crippen molar-refractivity contribution in [3.63, 3.8) is 0 Å². The number of aromatic nitrogens is 1. The molecule has 2 aromatic rings. The Morgan fingerprint density at radius 3 is 2.21 bits per heavy atom. The normalized spacial score (nSPS) is 14.3. The van der Waals surface area contributed by atoms with Crippen LogP contribution in [0.5, 0.6) is 0 Å². The maximum Gasteiger partial charge on any atom is 0.326 e. The zero-order valence-corrected chi connectivity index (χ0v) is 22.1. The molecule has 1 aromatic heterocycles. The Kier molecular flexibility index (Phi) is 11.9. The summed E-state index contributed by atoms with van der Waals surface area (Å²) < 4.78 is 0. The van der Waals surface area contributed by atoms with Crippen LogP contribution in [0.3, 0.4) is 0 Å². The van der Waals surface area contributed by atoms with Gasteiger partial charge in [-0.2, -0.15) is 0 Å². The molecule has 0 spiro atoms. The summed E-state index contributed by atoms with van der Waals surface area (Å²) in [6, 6.07) is 2.38. The number of nitrogens with one attached hydrogen (secondary N) is 4. The van der Waals surface area contributed by atoms with Gasteiger partial charge in [0.25, 0.3) is 0 Å². The van der Waals surface area contributed by atoms with Crippen LogP contribution in [-0.4, -0.2) is 75.6 Å². The van der Waals surface area contributed by atoms with Crippen LogP contribution < -0.4 is 27.4 Å². The van der Waals surface area contributed by atoms with Gasteiger partial charge in [-0.15, -0.1) is 0 Å². The zero-order chi connectivity index (χ0) is 29.1. The Balaban J connectivity index is 2.12. The third kappa shape index (κ3) is 9.37. The highest BCUT2D eigenvalue weighted by atomic mass is 16.4. The molecule has 2 rings (SSSR count). The summed E-state index contributed by atoms with van der Waals surface area (Å²) in [7, 11) is 0. The summed E-state index contributed by atoms with van der Waals surface area (Å²) in [4.78, 5) is 65.0. The highest BCUT2D eigenvalue weighted by molar-refractivity contribution is 5.96. The van der Waals surface area contributed by atoms with Crippen LogP contribution in [-0.2, 0) is 30.4 Å². The summed E-state index contributed by atoms with van der Waals surface area (Å²) in [6.07, 6.45) is 2.47. The smallest absolute Gasteiger partial charge is 0.326 e. The first-order valence-corrected chi connectivity index (χ1v) is 12.8. The number of amides is 3. The molecule has 0 saturated heterocycles. The van der Waals surface area contributed by atoms with E-state index in [1.54, 1.807) is 20.0 Å². The summed E-state index contributed by atoms with van der Waals surface area (Å²) in [5, 5.41) is 27.1. The molecule has 4 atom stereocenters. The molecular weight excluding hydrogens is 508 g/mol. The predicted octanol–water partition coefficient (Wildman–Crippen LogP) is -0.164. The molecule has 13 nitrogen and oxygen atoms in total. The number of para-hydroxylation sites is 1. The summed E-state index contributed by atoms with van der Waals surface area (Å²) in [5.74, 6) is -5.47. The number of fused-ring (bicyclic) bond motifs is 1. The van der Waals surface area contributed by atoms with Crippen molar-refractivity contribution in [1.82, 2.24) is 20.9 Å². The number of carbonyl (C=O) groups excluding carboxylic acids is 3. The lowest BCUT2D eigenvalue weighted by Crippen LogP contribution is -2.59. The van der Waals surface area contributed by atoms with Gasteiger partial charge in [0, 0.05) is 23.5 Å². The van der Waals surface area contributed by atoms with Gasteiger partial charge in [-0.3, -0.25) is 19.2 Å². The maximum absolute atomic E-state index is 13.1. The predicted molar refractivity (Wildman–Crippen MR) is 143 cm³/mol. The number of H-pyrrole nitrogens is 1. The first kappa shape index (κ1) is 31.2. The molecule has 0 aliphatic carbocycles. The number of unbranched alkanes of at least 4 members (excludes halogenated alkanes) is 1. The van der Waals surface area contributed by atoms with Gasteiger partial charge in [0.05, 0.1) is 12.5 Å². The average molecular weight is 547 g/mol. The molecule has 10 N–H and O–H groups in total. The number of carboxylic acid groups (broad SMARTS) is 2. The topological polar surface area (TPSA) is 230 Å². The quantitative estimate of drug-likeness (QED) is 0.131. The van der Waals surface area contributed by atoms with Crippen molar-refractivity contribution in [2.24, 2.45) is 17.4 Å². The largest absolute Gasteiger partial charge is 0.481 e. The monoisotopic (exact) mass is 546 g/mol. The number of aliphatic carboxylic acids is 2. The van der Waals surface area contributed by atoms with E-state index in [4.69, 9.17) is 11.5 Å². The Labute approximate surface area is 226 Å². The average Bonchev–Trinajstić information content (AvgIpc) is 3.28. The summed E-state index contributed by atoms with van der Waals surface area (Å²) >= 11 is 0. The molecular formula is C26H38N6O7. The number of hydrogen-bond donors (Lipinski definition) is 8. The minimum atomic E-state index is -1.49. The van der Waals surface area contributed by atoms with Crippen LogP contribution in [0, 0.1) is 5.92 Å². The van der Waals surface area contributed by atoms with Crippen molar-refractivity contribution in [3.05, 3.63) is 36.0 Å². The van der Waals surface area contributed by atoms with Crippen LogP contribution in [0.1, 0.15) is 45.1 Å². The molecule has 0 aliphatic heterocycles. The first-order chi connectivity index (χ1) is 18.4. The lowest BCUT2D eigenvalue weighted by molar-refractivity contribution is -0.143. The fourth-order valence-corrected chi connectivity index (χ4v) is 4.07. The molecule has 3 amide bonds. The first-order valence-electron chi connectivity index (χ1n) is 12.8. The molecule has 4 unspecified atom stereocenters. The second-order valence-corrected chi connectivity index (χ2v) is 9.74. The number of carbonyl (C=O) groups is 5. The number of hydrogen-bond acceptors (Lipinski definition) is 7. The van der Waals surface area contributed by atoms with E-state index < -0.39 is 66.2 Å². The van der Waals surface area contributed by atoms with Crippen molar-refractivity contribution in [2.75, 3.05) is 6.54 Å². The Morgan fingerprint density at radius 2 is 1.59 bits per heavy atom. The summed E-state index contributed by atoms with van der Waals surface area (Å²) in [5.41, 5.74) is 12.8. The van der Waals surface area contributed by atoms with Crippen molar-refractivity contribution in [2.45, 2.75) is 70.1 Å². The van der Waals surface area contributed by atoms with Gasteiger partial charge < -0.3 is 42.6 Å². The van der Waals surface area contributed by atoms with Gasteiger partial charge in [0.15, 0.2) is 0 Å². The van der Waals surface area contributed by atoms with Crippen LogP contribution >= 0.6 is 0 Å². The Hall–Kier alpha value is -3.97. The lowest BCUT2D eigenvalue weighted by Gasteiger charge is -2.26. The molecule has 0 fully saturated rings. The second-order valence-electron chi connectivity index (χ2n) is 9.74. The standard InChI is InChI=1S/C26H38N6O7/c1-14(2)22(32-24(36)19(12-21(33)34)30-23(35)17(28)8-5-6-10-27)25(37)31-20(26(38)39)11-15-13-29-18-9-4-3-7-16(15)18/h3-4,7,9,13-14,17,19-20,22,29H,5-6,8,10-12,27-28H2,1-2H3,(H,30,35)(H,31,37)(H,32,36)(H,33,34)(H,38,39). The third-order valence-corrected chi connectivity index (χ3v) is 6.28. The van der Waals surface area contributed by atoms with Gasteiger partial charge >= 0.3 is 11.9 Å². The van der Waals surface area contributed by atoms with E-state index >= 15 is 0 Å². The molecule has 0 saturated carbocycles. The van der Waals surface area contributed by atoms with Gasteiger partial charge in [-0.25, -0.2) is 4.79 Å². The van der Waals surface area contributed by atoms with E-state index in [2.05, 4.69) is 20.9 Å². The molecule has 39 heavy (non-hydrogen) atoms. The lowest BCUT2D eigenvalue weighted by atomic mass is 10.0. The van der Waals surface area contributed by atoms with Crippen molar-refractivity contribution in [1.29, 1.82) is 0 Å². The fourth-order valence-electron chi connectivity index (χ4n) is 4.07. The molecule has 1 aromatic carbocycles. The second kappa shape index (κ2) is 14.8. The molecule has 13 heteroatoms. The van der Waals surface area contributed by atoms with Crippen LogP contribution in [0.25, 0.3) is 10.9 Å². The van der Waals surface area contributed by atoms with Crippen LogP contribution in [0.2, 0.25) is 0 Å². The highest BCUT2D eigenvalue weighted by Crippen LogP contribution is 2.19. The molecule has 214 valence electrons. The van der Waals surface area contributed by atoms with Gasteiger partial charge in [-0.1, -0.05) is 38.5 Å². The van der Waals surface area contributed by atoms with Gasteiger partial charge in [-0.05, 0) is 36.9 Å². The Morgan fingerprint density at radius 1 is 0.923 bits per heavy atom. The third-order valence-electron chi connectivity index (χ3n) is 6.28. The van der Waals surface area contributed by atoms with E-state index in [0.29, 0.717) is 31.4 Å². The molecule has 0 bridgehead atoms. The minimum Gasteiger partial charge on any atom is -0.481 e. The molecule has 0 radical (unpaired) electrons. The molecule has 1 heterocycles. The van der Waals surface area contributed by atoms with Gasteiger partial charge in [0.2, 0.25) is 17.7 Å². The van der Waals surface area contributed by atoms with E-state index in [1.807, 2.05) is 24.3 Å². The SMILES string of the molecule is CC(C)C(NC(=O)C(CC(=O)O)NC(=O)C(N)CCCCN)C(=O)NC(Cc1c[nH]c2ccccc12)C(=O)O. The fraction of sp³-hybridized carbons (Fsp3) is 0.500. The van der Waals surface area contributed by atoms with E-state index in [-0.39, 0.29) is 6.42 Å². The number of carboxylic acids is 2. The van der Waals surface area contributed by atoms with Crippen molar-refractivity contribution in [3.8, 4) is 0 Å². The number of rotatable bonds is 16. The number of benzene rings is 1.